The van der Waals surface area contributed by atoms with E-state index in [1.807, 2.05) is 69.3 Å². The van der Waals surface area contributed by atoms with Gasteiger partial charge in [0.25, 0.3) is 5.91 Å². The number of nitrogens with one attached hydrogen (secondary N) is 1. The van der Waals surface area contributed by atoms with E-state index in [0.29, 0.717) is 17.2 Å². The van der Waals surface area contributed by atoms with Crippen LogP contribution in [0, 0.1) is 6.92 Å². The molecule has 4 nitrogen and oxygen atoms in total. The zero-order chi connectivity index (χ0) is 16.8. The number of aryl methyl sites for hydroxylation is 1. The van der Waals surface area contributed by atoms with Crippen molar-refractivity contribution in [1.82, 2.24) is 0 Å². The van der Waals surface area contributed by atoms with Gasteiger partial charge in [0.05, 0.1) is 11.8 Å². The number of benzene rings is 2. The van der Waals surface area contributed by atoms with Crippen LogP contribution in [0.2, 0.25) is 0 Å². The maximum atomic E-state index is 12.4. The van der Waals surface area contributed by atoms with Gasteiger partial charge >= 0.3 is 0 Å². The highest BCUT2D eigenvalue weighted by molar-refractivity contribution is 5.95. The third-order valence-electron chi connectivity index (χ3n) is 3.27. The zero-order valence-corrected chi connectivity index (χ0v) is 14.0. The van der Waals surface area contributed by atoms with Gasteiger partial charge in [-0.05, 0) is 51.5 Å². The monoisotopic (exact) mass is 313 g/mol. The number of rotatable bonds is 6. The number of ether oxygens (including phenoxy) is 2. The summed E-state index contributed by atoms with van der Waals surface area (Å²) in [5.41, 5.74) is 1.64. The van der Waals surface area contributed by atoms with Gasteiger partial charge < -0.3 is 14.8 Å². The molecule has 0 saturated carbocycles. The molecular formula is C19H23NO3. The number of para-hydroxylation sites is 3. The second kappa shape index (κ2) is 7.68. The van der Waals surface area contributed by atoms with Gasteiger partial charge in [0.1, 0.15) is 11.5 Å². The lowest BCUT2D eigenvalue weighted by molar-refractivity contribution is -0.122. The Balaban J connectivity index is 2.05. The van der Waals surface area contributed by atoms with E-state index in [1.165, 1.54) is 0 Å². The van der Waals surface area contributed by atoms with Crippen molar-refractivity contribution in [3.05, 3.63) is 54.1 Å². The number of amides is 1. The third kappa shape index (κ3) is 4.74. The molecule has 0 aliphatic heterocycles. The molecule has 2 aromatic carbocycles. The molecule has 0 aliphatic carbocycles. The first kappa shape index (κ1) is 16.9. The fourth-order valence-corrected chi connectivity index (χ4v) is 2.09. The molecule has 0 bridgehead atoms. The molecule has 0 heterocycles. The molecule has 2 aromatic rings. The highest BCUT2D eigenvalue weighted by Gasteiger charge is 2.17. The number of hydrogen-bond donors (Lipinski definition) is 1. The van der Waals surface area contributed by atoms with Gasteiger partial charge in [-0.2, -0.15) is 0 Å². The predicted molar refractivity (Wildman–Crippen MR) is 92.1 cm³/mol. The number of carbonyl (C=O) groups excluding carboxylic acids is 1. The van der Waals surface area contributed by atoms with Crippen molar-refractivity contribution >= 4 is 11.6 Å². The van der Waals surface area contributed by atoms with Crippen LogP contribution in [-0.4, -0.2) is 18.1 Å². The lowest BCUT2D eigenvalue weighted by Crippen LogP contribution is -2.30. The van der Waals surface area contributed by atoms with Gasteiger partial charge in [-0.15, -0.1) is 0 Å². The molecule has 2 rings (SSSR count). The average molecular weight is 313 g/mol. The Kier molecular flexibility index (Phi) is 5.63. The standard InChI is InChI=1S/C19H23NO3/c1-13(2)22-18-12-8-6-10-16(18)20-19(21)15(4)23-17-11-7-5-9-14(17)3/h5-13,15H,1-4H3,(H,20,21). The van der Waals surface area contributed by atoms with Crippen LogP contribution in [-0.2, 0) is 4.79 Å². The van der Waals surface area contributed by atoms with E-state index in [-0.39, 0.29) is 12.0 Å². The maximum absolute atomic E-state index is 12.4. The number of carbonyl (C=O) groups is 1. The highest BCUT2D eigenvalue weighted by Crippen LogP contribution is 2.25. The minimum atomic E-state index is -0.608. The topological polar surface area (TPSA) is 47.6 Å². The van der Waals surface area contributed by atoms with E-state index in [1.54, 1.807) is 6.92 Å². The van der Waals surface area contributed by atoms with Crippen molar-refractivity contribution in [3.8, 4) is 11.5 Å². The smallest absolute Gasteiger partial charge is 0.265 e. The molecule has 0 aromatic heterocycles. The second-order valence-electron chi connectivity index (χ2n) is 5.68. The van der Waals surface area contributed by atoms with Crippen LogP contribution in [0.25, 0.3) is 0 Å². The summed E-state index contributed by atoms with van der Waals surface area (Å²) in [6.45, 7) is 7.57. The molecule has 1 unspecified atom stereocenters. The summed E-state index contributed by atoms with van der Waals surface area (Å²) in [6, 6.07) is 15.0. The van der Waals surface area contributed by atoms with Crippen molar-refractivity contribution in [1.29, 1.82) is 0 Å². The molecule has 1 atom stereocenters. The van der Waals surface area contributed by atoms with Gasteiger partial charge in [0.15, 0.2) is 6.10 Å². The van der Waals surface area contributed by atoms with Crippen LogP contribution >= 0.6 is 0 Å². The van der Waals surface area contributed by atoms with Crippen LogP contribution in [0.3, 0.4) is 0 Å². The van der Waals surface area contributed by atoms with Gasteiger partial charge in [-0.3, -0.25) is 4.79 Å². The minimum absolute atomic E-state index is 0.0358. The summed E-state index contributed by atoms with van der Waals surface area (Å²) >= 11 is 0. The van der Waals surface area contributed by atoms with E-state index >= 15 is 0 Å². The van der Waals surface area contributed by atoms with Gasteiger partial charge in [-0.25, -0.2) is 0 Å². The SMILES string of the molecule is Cc1ccccc1OC(C)C(=O)Nc1ccccc1OC(C)C. The molecule has 122 valence electrons. The first-order valence-electron chi connectivity index (χ1n) is 7.76. The van der Waals surface area contributed by atoms with E-state index in [9.17, 15) is 4.79 Å². The summed E-state index contributed by atoms with van der Waals surface area (Å²) in [4.78, 5) is 12.4. The van der Waals surface area contributed by atoms with Crippen LogP contribution in [0.1, 0.15) is 26.3 Å². The molecule has 4 heteroatoms. The number of anilines is 1. The van der Waals surface area contributed by atoms with Crippen molar-refractivity contribution in [2.75, 3.05) is 5.32 Å². The van der Waals surface area contributed by atoms with E-state index in [4.69, 9.17) is 9.47 Å². The van der Waals surface area contributed by atoms with E-state index in [2.05, 4.69) is 5.32 Å². The summed E-state index contributed by atoms with van der Waals surface area (Å²) in [5, 5.41) is 2.87. The fraction of sp³-hybridized carbons (Fsp3) is 0.316. The Bertz CT molecular complexity index is 667. The summed E-state index contributed by atoms with van der Waals surface area (Å²) in [7, 11) is 0. The van der Waals surface area contributed by atoms with Crippen molar-refractivity contribution in [2.45, 2.75) is 39.9 Å². The second-order valence-corrected chi connectivity index (χ2v) is 5.68. The lowest BCUT2D eigenvalue weighted by atomic mass is 10.2. The quantitative estimate of drug-likeness (QED) is 0.870. The van der Waals surface area contributed by atoms with Crippen molar-refractivity contribution in [3.63, 3.8) is 0 Å². The highest BCUT2D eigenvalue weighted by atomic mass is 16.5. The Morgan fingerprint density at radius 2 is 1.52 bits per heavy atom. The Hall–Kier alpha value is -2.49. The van der Waals surface area contributed by atoms with Gasteiger partial charge in [-0.1, -0.05) is 30.3 Å². The Morgan fingerprint density at radius 3 is 2.17 bits per heavy atom. The lowest BCUT2D eigenvalue weighted by Gasteiger charge is -2.18. The molecule has 0 aliphatic rings. The third-order valence-corrected chi connectivity index (χ3v) is 3.27. The Labute approximate surface area is 137 Å². The first-order chi connectivity index (χ1) is 11.0. The average Bonchev–Trinajstić information content (AvgIpc) is 2.51. The molecular weight excluding hydrogens is 290 g/mol. The van der Waals surface area contributed by atoms with Crippen LogP contribution in [0.5, 0.6) is 11.5 Å². The fourth-order valence-electron chi connectivity index (χ4n) is 2.09. The molecule has 0 radical (unpaired) electrons. The van der Waals surface area contributed by atoms with Crippen LogP contribution < -0.4 is 14.8 Å². The summed E-state index contributed by atoms with van der Waals surface area (Å²) in [6.07, 6.45) is -0.572. The van der Waals surface area contributed by atoms with E-state index in [0.717, 1.165) is 5.56 Å². The van der Waals surface area contributed by atoms with Gasteiger partial charge in [0, 0.05) is 0 Å². The van der Waals surface area contributed by atoms with Gasteiger partial charge in [0.2, 0.25) is 0 Å². The zero-order valence-electron chi connectivity index (χ0n) is 14.0. The summed E-state index contributed by atoms with van der Waals surface area (Å²) < 4.78 is 11.5. The molecule has 0 saturated heterocycles. The molecule has 0 spiro atoms. The minimum Gasteiger partial charge on any atom is -0.489 e. The van der Waals surface area contributed by atoms with Crippen LogP contribution in [0.4, 0.5) is 5.69 Å². The van der Waals surface area contributed by atoms with Crippen LogP contribution in [0.15, 0.2) is 48.5 Å². The maximum Gasteiger partial charge on any atom is 0.265 e. The molecule has 0 fully saturated rings. The molecule has 23 heavy (non-hydrogen) atoms. The van der Waals surface area contributed by atoms with Crippen molar-refractivity contribution < 1.29 is 14.3 Å². The largest absolute Gasteiger partial charge is 0.489 e. The molecule has 1 amide bonds. The Morgan fingerprint density at radius 1 is 0.913 bits per heavy atom. The molecule has 1 N–H and O–H groups in total. The van der Waals surface area contributed by atoms with E-state index < -0.39 is 6.10 Å². The summed E-state index contributed by atoms with van der Waals surface area (Å²) in [5.74, 6) is 1.15. The predicted octanol–water partition coefficient (Wildman–Crippen LogP) is 4.19. The van der Waals surface area contributed by atoms with Crippen molar-refractivity contribution in [2.24, 2.45) is 0 Å². The first-order valence-corrected chi connectivity index (χ1v) is 7.76. The normalized spacial score (nSPS) is 11.9. The number of hydrogen-bond acceptors (Lipinski definition) is 3.